The van der Waals surface area contributed by atoms with E-state index in [1.54, 1.807) is 0 Å². The minimum absolute atomic E-state index is 0.402. The van der Waals surface area contributed by atoms with Crippen LogP contribution < -0.4 is 0 Å². The van der Waals surface area contributed by atoms with Crippen LogP contribution in [0.4, 0.5) is 0 Å². The molecule has 0 heteroatoms. The van der Waals surface area contributed by atoms with Crippen molar-refractivity contribution in [2.45, 2.75) is 89.5 Å². The first-order valence-corrected chi connectivity index (χ1v) is 8.96. The van der Waals surface area contributed by atoms with Gasteiger partial charge >= 0.3 is 0 Å². The highest BCUT2D eigenvalue weighted by atomic mass is 15.3. The van der Waals surface area contributed by atoms with Gasteiger partial charge in [0.2, 0.25) is 0 Å². The van der Waals surface area contributed by atoms with Crippen molar-refractivity contribution in [2.24, 2.45) is 43.3 Å². The van der Waals surface area contributed by atoms with Crippen LogP contribution in [0.15, 0.2) is 0 Å². The van der Waals surface area contributed by atoms with Crippen molar-refractivity contribution in [3.05, 3.63) is 0 Å². The molecule has 0 N–H and O–H groups in total. The van der Waals surface area contributed by atoms with E-state index in [-0.39, 0.29) is 0 Å². The topological polar surface area (TPSA) is 0 Å². The fourth-order valence-electron chi connectivity index (χ4n) is 9.10. The third-order valence-corrected chi connectivity index (χ3v) is 8.34. The Morgan fingerprint density at radius 2 is 0.667 bits per heavy atom. The number of rotatable bonds is 0. The molecule has 0 aromatic rings. The molecule has 4 aliphatic rings. The summed E-state index contributed by atoms with van der Waals surface area (Å²) in [4.78, 5) is 0. The molecule has 0 unspecified atom stereocenters. The highest BCUT2D eigenvalue weighted by Crippen LogP contribution is 3.27. The van der Waals surface area contributed by atoms with Gasteiger partial charge in [0.25, 0.3) is 0 Å². The molecule has 4 rings (SSSR count). The van der Waals surface area contributed by atoms with E-state index < -0.39 is 0 Å². The van der Waals surface area contributed by atoms with Crippen molar-refractivity contribution in [1.29, 1.82) is 0 Å². The maximum absolute atomic E-state index is 2.52. The summed E-state index contributed by atoms with van der Waals surface area (Å²) in [5.41, 5.74) is 3.87. The van der Waals surface area contributed by atoms with Gasteiger partial charge in [-0.3, -0.25) is 0 Å². The van der Waals surface area contributed by atoms with Gasteiger partial charge in [0, 0.05) is 0 Å². The molecule has 0 nitrogen and oxygen atoms in total. The van der Waals surface area contributed by atoms with E-state index in [0.29, 0.717) is 43.3 Å². The summed E-state index contributed by atoms with van der Waals surface area (Å²) >= 11 is 0. The van der Waals surface area contributed by atoms with Crippen molar-refractivity contribution < 1.29 is 0 Å². The van der Waals surface area contributed by atoms with E-state index in [2.05, 4.69) is 83.1 Å². The second kappa shape index (κ2) is 3.01. The zero-order valence-electron chi connectivity index (χ0n) is 16.7. The molecule has 0 aromatic heterocycles. The van der Waals surface area contributed by atoms with Gasteiger partial charge < -0.3 is 0 Å². The predicted octanol–water partition coefficient (Wildman–Crippen LogP) is 6.55. The minimum Gasteiger partial charge on any atom is -0.0596 e. The van der Waals surface area contributed by atoms with E-state index in [1.807, 2.05) is 0 Å². The van der Waals surface area contributed by atoms with Crippen molar-refractivity contribution >= 4 is 0 Å². The molecule has 21 heavy (non-hydrogen) atoms. The molecule has 4 saturated carbocycles. The van der Waals surface area contributed by atoms with Crippen LogP contribution in [0, 0.1) is 43.3 Å². The Labute approximate surface area is 133 Å². The van der Waals surface area contributed by atoms with Gasteiger partial charge in [-0.15, -0.1) is 0 Å². The van der Waals surface area contributed by atoms with Crippen LogP contribution in [0.2, 0.25) is 0 Å². The standard InChI is InChI=1S/C21H38/c1-14(2,3)18-13-19(15(4,5)6)20(18,16(7,8)9)21(18,19)17(10,11)12/h13H2,1-12H3. The molecule has 122 valence electrons. The van der Waals surface area contributed by atoms with Crippen LogP contribution in [0.5, 0.6) is 0 Å². The van der Waals surface area contributed by atoms with Crippen LogP contribution in [0.3, 0.4) is 0 Å². The zero-order chi connectivity index (χ0) is 16.7. The van der Waals surface area contributed by atoms with Crippen LogP contribution in [-0.4, -0.2) is 0 Å². The summed E-state index contributed by atoms with van der Waals surface area (Å²) in [6, 6.07) is 0. The van der Waals surface area contributed by atoms with Gasteiger partial charge in [0.1, 0.15) is 0 Å². The summed E-state index contributed by atoms with van der Waals surface area (Å²) < 4.78 is 0. The summed E-state index contributed by atoms with van der Waals surface area (Å²) in [5.74, 6) is 0. The van der Waals surface area contributed by atoms with Gasteiger partial charge in [-0.05, 0) is 49.7 Å². The van der Waals surface area contributed by atoms with Crippen LogP contribution in [-0.2, 0) is 0 Å². The molecule has 4 aliphatic carbocycles. The Kier molecular flexibility index (Phi) is 2.27. The van der Waals surface area contributed by atoms with Gasteiger partial charge in [-0.25, -0.2) is 0 Å². The van der Waals surface area contributed by atoms with Crippen LogP contribution >= 0.6 is 0 Å². The lowest BCUT2D eigenvalue weighted by atomic mass is 9.32. The molecular formula is C21H38. The normalized spacial score (nSPS) is 48.6. The molecule has 2 bridgehead atoms. The van der Waals surface area contributed by atoms with E-state index in [1.165, 1.54) is 6.42 Å². The van der Waals surface area contributed by atoms with Crippen LogP contribution in [0.25, 0.3) is 0 Å². The molecule has 0 aromatic carbocycles. The van der Waals surface area contributed by atoms with Crippen LogP contribution in [0.1, 0.15) is 89.5 Å². The Morgan fingerprint density at radius 1 is 0.429 bits per heavy atom. The average molecular weight is 291 g/mol. The molecule has 0 amide bonds. The van der Waals surface area contributed by atoms with Gasteiger partial charge in [-0.2, -0.15) is 0 Å². The van der Waals surface area contributed by atoms with E-state index in [9.17, 15) is 0 Å². The smallest absolute Gasteiger partial charge is 0.00407 e. The molecule has 0 saturated heterocycles. The first kappa shape index (κ1) is 15.9. The SMILES string of the molecule is CC(C)(C)C12CC3(C(C)(C)C)C1(C(C)(C)C)C23C(C)(C)C. The molecule has 0 aliphatic heterocycles. The lowest BCUT2D eigenvalue weighted by molar-refractivity contribution is -0.240. The third-order valence-electron chi connectivity index (χ3n) is 8.34. The molecule has 0 radical (unpaired) electrons. The lowest BCUT2D eigenvalue weighted by Crippen LogP contribution is -2.66. The predicted molar refractivity (Wildman–Crippen MR) is 92.2 cm³/mol. The monoisotopic (exact) mass is 290 g/mol. The maximum atomic E-state index is 2.52. The van der Waals surface area contributed by atoms with Gasteiger partial charge in [0.15, 0.2) is 0 Å². The Bertz CT molecular complexity index is 448. The summed E-state index contributed by atoms with van der Waals surface area (Å²) in [7, 11) is 0. The van der Waals surface area contributed by atoms with E-state index in [0.717, 1.165) is 0 Å². The highest BCUT2D eigenvalue weighted by molar-refractivity contribution is 5.70. The van der Waals surface area contributed by atoms with Crippen molar-refractivity contribution in [3.8, 4) is 0 Å². The second-order valence-corrected chi connectivity index (χ2v) is 12.5. The minimum atomic E-state index is 0.402. The first-order valence-electron chi connectivity index (χ1n) is 8.96. The number of hydrogen-bond donors (Lipinski definition) is 0. The third kappa shape index (κ3) is 0.941. The largest absolute Gasteiger partial charge is 0.0596 e. The lowest BCUT2D eigenvalue weighted by Gasteiger charge is -2.71. The average Bonchev–Trinajstić information content (AvgIpc) is 2.70. The summed E-state index contributed by atoms with van der Waals surface area (Å²) in [6.45, 7) is 30.2. The molecule has 0 atom stereocenters. The Morgan fingerprint density at radius 3 is 0.810 bits per heavy atom. The molecule has 0 heterocycles. The Hall–Kier alpha value is 0. The quantitative estimate of drug-likeness (QED) is 0.474. The first-order chi connectivity index (χ1) is 8.96. The van der Waals surface area contributed by atoms with Gasteiger partial charge in [0.05, 0.1) is 0 Å². The fourth-order valence-corrected chi connectivity index (χ4v) is 9.10. The fraction of sp³-hybridized carbons (Fsp3) is 1.00. The second-order valence-electron chi connectivity index (χ2n) is 12.5. The van der Waals surface area contributed by atoms with E-state index >= 15 is 0 Å². The Balaban J connectivity index is 2.27. The van der Waals surface area contributed by atoms with Crippen molar-refractivity contribution in [1.82, 2.24) is 0 Å². The highest BCUT2D eigenvalue weighted by Gasteiger charge is 3.24. The molecule has 4 fully saturated rings. The maximum Gasteiger partial charge on any atom is -0.00407 e. The zero-order valence-corrected chi connectivity index (χ0v) is 16.7. The van der Waals surface area contributed by atoms with E-state index in [4.69, 9.17) is 0 Å². The summed E-state index contributed by atoms with van der Waals surface area (Å²) in [5, 5.41) is 0. The molecule has 0 spiro atoms. The molecular weight excluding hydrogens is 252 g/mol. The van der Waals surface area contributed by atoms with Crippen molar-refractivity contribution in [3.63, 3.8) is 0 Å². The van der Waals surface area contributed by atoms with Crippen molar-refractivity contribution in [2.75, 3.05) is 0 Å². The number of hydrogen-bond acceptors (Lipinski definition) is 0. The van der Waals surface area contributed by atoms with Gasteiger partial charge in [-0.1, -0.05) is 83.1 Å². The summed E-state index contributed by atoms with van der Waals surface area (Å²) in [6.07, 6.45) is 1.46.